The van der Waals surface area contributed by atoms with Crippen molar-refractivity contribution in [1.82, 2.24) is 9.97 Å². The van der Waals surface area contributed by atoms with Gasteiger partial charge < -0.3 is 9.72 Å². The first-order valence-electron chi connectivity index (χ1n) is 5.30. The van der Waals surface area contributed by atoms with Crippen LogP contribution < -0.4 is 4.74 Å². The van der Waals surface area contributed by atoms with Crippen molar-refractivity contribution in [2.45, 2.75) is 6.92 Å². The number of nitrogens with one attached hydrogen (secondary N) is 1. The van der Waals surface area contributed by atoms with Crippen LogP contribution in [0.15, 0.2) is 24.3 Å². The van der Waals surface area contributed by atoms with E-state index in [1.165, 1.54) is 0 Å². The van der Waals surface area contributed by atoms with E-state index < -0.39 is 0 Å². The summed E-state index contributed by atoms with van der Waals surface area (Å²) in [4.78, 5) is 7.20. The maximum Gasteiger partial charge on any atom is 0.197 e. The molecule has 4 nitrogen and oxygen atoms in total. The van der Waals surface area contributed by atoms with E-state index >= 15 is 0 Å². The van der Waals surface area contributed by atoms with Gasteiger partial charge in [-0.15, -0.1) is 0 Å². The van der Waals surface area contributed by atoms with E-state index in [2.05, 4.69) is 16.0 Å². The van der Waals surface area contributed by atoms with E-state index in [-0.39, 0.29) is 0 Å². The number of H-pyrrole nitrogens is 1. The average Bonchev–Trinajstić information content (AvgIpc) is 2.36. The minimum absolute atomic E-state index is 0.411. The number of nitriles is 1. The number of hydrogen-bond acceptors (Lipinski definition) is 4. The highest BCUT2D eigenvalue weighted by atomic mass is 32.1. The summed E-state index contributed by atoms with van der Waals surface area (Å²) >= 11 is 5.06. The number of benzene rings is 1. The predicted molar refractivity (Wildman–Crippen MR) is 70.9 cm³/mol. The van der Waals surface area contributed by atoms with Crippen LogP contribution in [0.4, 0.5) is 0 Å². The summed E-state index contributed by atoms with van der Waals surface area (Å²) in [5.74, 6) is 0.668. The molecule has 2 aromatic rings. The Hall–Kier alpha value is -2.19. The summed E-state index contributed by atoms with van der Waals surface area (Å²) in [6, 6.07) is 9.18. The normalized spacial score (nSPS) is 9.83. The quantitative estimate of drug-likeness (QED) is 0.840. The molecule has 0 radical (unpaired) electrons. The van der Waals surface area contributed by atoms with Gasteiger partial charge in [-0.25, -0.2) is 4.98 Å². The number of ether oxygens (including phenoxy) is 1. The van der Waals surface area contributed by atoms with Gasteiger partial charge in [0.15, 0.2) is 4.77 Å². The van der Waals surface area contributed by atoms with E-state index in [0.29, 0.717) is 21.8 Å². The number of aromatic amines is 1. The van der Waals surface area contributed by atoms with Crippen molar-refractivity contribution in [2.24, 2.45) is 0 Å². The van der Waals surface area contributed by atoms with Gasteiger partial charge >= 0.3 is 0 Å². The van der Waals surface area contributed by atoms with Crippen LogP contribution in [-0.2, 0) is 0 Å². The average molecular weight is 257 g/mol. The molecule has 0 saturated heterocycles. The van der Waals surface area contributed by atoms with Gasteiger partial charge in [-0.1, -0.05) is 0 Å². The SMILES string of the molecule is COc1ccc(C#N)cc1-c1cc(C)[nH]c(=S)n1. The van der Waals surface area contributed by atoms with Gasteiger partial charge in [0.25, 0.3) is 0 Å². The molecule has 0 unspecified atom stereocenters. The molecule has 0 spiro atoms. The van der Waals surface area contributed by atoms with Crippen LogP contribution in [0, 0.1) is 23.0 Å². The number of hydrogen-bond donors (Lipinski definition) is 1. The second kappa shape index (κ2) is 4.98. The Morgan fingerprint density at radius 2 is 2.17 bits per heavy atom. The Kier molecular flexibility index (Phi) is 3.40. The van der Waals surface area contributed by atoms with E-state index in [1.807, 2.05) is 13.0 Å². The largest absolute Gasteiger partial charge is 0.496 e. The molecule has 1 aromatic heterocycles. The summed E-state index contributed by atoms with van der Waals surface area (Å²) in [5, 5.41) is 8.94. The van der Waals surface area contributed by atoms with Crippen LogP contribution in [0.25, 0.3) is 11.3 Å². The molecule has 0 fully saturated rings. The van der Waals surface area contributed by atoms with E-state index in [0.717, 1.165) is 11.3 Å². The van der Waals surface area contributed by atoms with Gasteiger partial charge in [0.2, 0.25) is 0 Å². The topological polar surface area (TPSA) is 61.7 Å². The molecule has 0 aliphatic carbocycles. The molecule has 2 rings (SSSR count). The third kappa shape index (κ3) is 2.39. The van der Waals surface area contributed by atoms with Crippen molar-refractivity contribution in [3.05, 3.63) is 40.3 Å². The standard InChI is InChI=1S/C13H11N3OS/c1-8-5-11(16-13(18)15-8)10-6-9(7-14)3-4-12(10)17-2/h3-6H,1-2H3,(H,15,16,18). The van der Waals surface area contributed by atoms with Crippen molar-refractivity contribution in [3.8, 4) is 23.1 Å². The molecule has 90 valence electrons. The fraction of sp³-hybridized carbons (Fsp3) is 0.154. The molecule has 0 aliphatic rings. The Morgan fingerprint density at radius 3 is 2.78 bits per heavy atom. The predicted octanol–water partition coefficient (Wildman–Crippen LogP) is 2.99. The summed E-state index contributed by atoms with van der Waals surface area (Å²) in [6.45, 7) is 1.90. The zero-order chi connectivity index (χ0) is 13.1. The minimum atomic E-state index is 0.411. The van der Waals surface area contributed by atoms with Crippen LogP contribution in [0.3, 0.4) is 0 Å². The number of aryl methyl sites for hydroxylation is 1. The van der Waals surface area contributed by atoms with Crippen LogP contribution in [-0.4, -0.2) is 17.1 Å². The molecule has 0 bridgehead atoms. The third-order valence-corrected chi connectivity index (χ3v) is 2.68. The lowest BCUT2D eigenvalue weighted by atomic mass is 10.1. The fourth-order valence-electron chi connectivity index (χ4n) is 1.70. The highest BCUT2D eigenvalue weighted by Crippen LogP contribution is 2.29. The lowest BCUT2D eigenvalue weighted by Gasteiger charge is -2.08. The summed E-state index contributed by atoms with van der Waals surface area (Å²) in [7, 11) is 1.58. The second-order valence-electron chi connectivity index (χ2n) is 3.78. The summed E-state index contributed by atoms with van der Waals surface area (Å²) in [6.07, 6.45) is 0. The van der Waals surface area contributed by atoms with Crippen LogP contribution in [0.5, 0.6) is 5.75 Å². The lowest BCUT2D eigenvalue weighted by molar-refractivity contribution is 0.416. The van der Waals surface area contributed by atoms with Crippen molar-refractivity contribution in [1.29, 1.82) is 5.26 Å². The van der Waals surface area contributed by atoms with Gasteiger partial charge in [0.05, 0.1) is 24.4 Å². The van der Waals surface area contributed by atoms with Gasteiger partial charge in [-0.3, -0.25) is 0 Å². The molecule has 1 N–H and O–H groups in total. The van der Waals surface area contributed by atoms with E-state index in [1.54, 1.807) is 25.3 Å². The number of nitrogens with zero attached hydrogens (tertiary/aromatic N) is 2. The van der Waals surface area contributed by atoms with Crippen LogP contribution >= 0.6 is 12.2 Å². The molecule has 1 aromatic carbocycles. The molecule has 1 heterocycles. The zero-order valence-corrected chi connectivity index (χ0v) is 10.8. The van der Waals surface area contributed by atoms with Crippen molar-refractivity contribution < 1.29 is 4.74 Å². The molecule has 0 amide bonds. The maximum absolute atomic E-state index is 8.94. The first kappa shape index (κ1) is 12.3. The fourth-order valence-corrected chi connectivity index (χ4v) is 1.95. The number of methoxy groups -OCH3 is 1. The zero-order valence-electron chi connectivity index (χ0n) is 10.0. The van der Waals surface area contributed by atoms with Gasteiger partial charge in [-0.2, -0.15) is 5.26 Å². The van der Waals surface area contributed by atoms with Gasteiger partial charge in [0, 0.05) is 11.3 Å². The van der Waals surface area contributed by atoms with Crippen molar-refractivity contribution >= 4 is 12.2 Å². The number of aromatic nitrogens is 2. The summed E-state index contributed by atoms with van der Waals surface area (Å²) < 4.78 is 5.70. The van der Waals surface area contributed by atoms with Gasteiger partial charge in [-0.05, 0) is 43.4 Å². The first-order valence-corrected chi connectivity index (χ1v) is 5.71. The van der Waals surface area contributed by atoms with Crippen LogP contribution in [0.1, 0.15) is 11.3 Å². The van der Waals surface area contributed by atoms with E-state index in [4.69, 9.17) is 22.2 Å². The molecule has 0 atom stereocenters. The Labute approximate surface area is 110 Å². The number of rotatable bonds is 2. The monoisotopic (exact) mass is 257 g/mol. The lowest BCUT2D eigenvalue weighted by Crippen LogP contribution is -1.94. The Bertz CT molecular complexity index is 685. The Balaban J connectivity index is 2.68. The molecule has 0 saturated carbocycles. The summed E-state index contributed by atoms with van der Waals surface area (Å²) in [5.41, 5.74) is 2.93. The maximum atomic E-state index is 8.94. The molecule has 18 heavy (non-hydrogen) atoms. The highest BCUT2D eigenvalue weighted by Gasteiger charge is 2.09. The van der Waals surface area contributed by atoms with Crippen LogP contribution in [0.2, 0.25) is 0 Å². The van der Waals surface area contributed by atoms with Crippen molar-refractivity contribution in [2.75, 3.05) is 7.11 Å². The molecular formula is C13H11N3OS. The Morgan fingerprint density at radius 1 is 1.39 bits per heavy atom. The molecular weight excluding hydrogens is 246 g/mol. The molecule has 0 aliphatic heterocycles. The highest BCUT2D eigenvalue weighted by molar-refractivity contribution is 7.71. The third-order valence-electron chi connectivity index (χ3n) is 2.48. The van der Waals surface area contributed by atoms with E-state index in [9.17, 15) is 0 Å². The van der Waals surface area contributed by atoms with Crippen molar-refractivity contribution in [3.63, 3.8) is 0 Å². The minimum Gasteiger partial charge on any atom is -0.496 e. The molecule has 5 heteroatoms. The second-order valence-corrected chi connectivity index (χ2v) is 4.17. The smallest absolute Gasteiger partial charge is 0.197 e. The first-order chi connectivity index (χ1) is 8.63. The van der Waals surface area contributed by atoms with Gasteiger partial charge in [0.1, 0.15) is 5.75 Å².